The number of imidazole rings is 1. The summed E-state index contributed by atoms with van der Waals surface area (Å²) in [6.07, 6.45) is -1.28. The Labute approximate surface area is 279 Å². The second-order valence-electron chi connectivity index (χ2n) is 12.0. The lowest BCUT2D eigenvalue weighted by Crippen LogP contribution is -2.32. The smallest absolute Gasteiger partial charge is 0.416 e. The van der Waals surface area contributed by atoms with Gasteiger partial charge in [-0.05, 0) is 86.3 Å². The number of alkyl halides is 3. The fourth-order valence-electron chi connectivity index (χ4n) is 6.08. The Morgan fingerprint density at radius 3 is 2.43 bits per heavy atom. The quantitative estimate of drug-likeness (QED) is 0.178. The second kappa shape index (κ2) is 12.7. The van der Waals surface area contributed by atoms with Gasteiger partial charge in [-0.25, -0.2) is 24.5 Å². The molecule has 0 aliphatic carbocycles. The van der Waals surface area contributed by atoms with Crippen LogP contribution in [0.15, 0.2) is 73.3 Å². The van der Waals surface area contributed by atoms with Crippen molar-refractivity contribution in [1.29, 1.82) is 0 Å². The van der Waals surface area contributed by atoms with E-state index in [0.717, 1.165) is 34.5 Å². The van der Waals surface area contributed by atoms with Gasteiger partial charge in [0.25, 0.3) is 0 Å². The van der Waals surface area contributed by atoms with E-state index >= 15 is 0 Å². The average molecular weight is 672 g/mol. The topological polar surface area (TPSA) is 120 Å². The van der Waals surface area contributed by atoms with Gasteiger partial charge in [0.1, 0.15) is 18.2 Å². The van der Waals surface area contributed by atoms with Crippen molar-refractivity contribution >= 4 is 12.1 Å². The first-order valence-corrected chi connectivity index (χ1v) is 15.3. The van der Waals surface area contributed by atoms with E-state index in [1.807, 2.05) is 26.0 Å². The number of cyclic esters (lactones) is 1. The van der Waals surface area contributed by atoms with Crippen LogP contribution in [0.25, 0.3) is 28.2 Å². The van der Waals surface area contributed by atoms with Crippen LogP contribution in [-0.4, -0.2) is 54.7 Å². The zero-order valence-electron chi connectivity index (χ0n) is 27.2. The number of ether oxygens (including phenoxy) is 2. The minimum absolute atomic E-state index is 0.0628. The number of halogens is 3. The molecule has 0 unspecified atom stereocenters. The number of amides is 1. The Morgan fingerprint density at radius 2 is 1.78 bits per heavy atom. The molecule has 1 amide bonds. The van der Waals surface area contributed by atoms with Crippen molar-refractivity contribution < 1.29 is 37.3 Å². The van der Waals surface area contributed by atoms with Crippen molar-refractivity contribution in [2.45, 2.75) is 52.6 Å². The van der Waals surface area contributed by atoms with Gasteiger partial charge >= 0.3 is 18.2 Å². The van der Waals surface area contributed by atoms with Crippen molar-refractivity contribution in [2.24, 2.45) is 0 Å². The van der Waals surface area contributed by atoms with Gasteiger partial charge in [-0.1, -0.05) is 23.8 Å². The van der Waals surface area contributed by atoms with Gasteiger partial charge in [0.15, 0.2) is 0 Å². The molecule has 5 aromatic rings. The monoisotopic (exact) mass is 671 g/mol. The van der Waals surface area contributed by atoms with Crippen LogP contribution in [0.1, 0.15) is 57.0 Å². The van der Waals surface area contributed by atoms with Gasteiger partial charge in [0, 0.05) is 23.5 Å². The summed E-state index contributed by atoms with van der Waals surface area (Å²) < 4.78 is 54.0. The normalized spacial score (nSPS) is 16.2. The van der Waals surface area contributed by atoms with Gasteiger partial charge < -0.3 is 14.6 Å². The van der Waals surface area contributed by atoms with E-state index in [-0.39, 0.29) is 17.7 Å². The van der Waals surface area contributed by atoms with E-state index in [4.69, 9.17) is 14.5 Å². The molecule has 3 heterocycles. The van der Waals surface area contributed by atoms with Crippen LogP contribution in [0.2, 0.25) is 0 Å². The molecule has 0 bridgehead atoms. The van der Waals surface area contributed by atoms with Crippen LogP contribution in [0.3, 0.4) is 0 Å². The third kappa shape index (κ3) is 6.56. The van der Waals surface area contributed by atoms with Gasteiger partial charge in [0.2, 0.25) is 5.95 Å². The van der Waals surface area contributed by atoms with Gasteiger partial charge in [0.05, 0.1) is 42.2 Å². The number of hydrogen-bond acceptors (Lipinski definition) is 7. The number of carbonyl (C=O) groups is 2. The van der Waals surface area contributed by atoms with Crippen LogP contribution >= 0.6 is 0 Å². The standard InChI is InChI=1S/C36H32F3N5O5/c1-19-10-25(13-26(11-19)36(37,38)39)32-22(4)44(35(47)49-32)17-30-29(15-40-34(42-30)43-16-21(3)41-18-43)28-14-23(7-9-31(28)48-5)27-8-6-24(33(45)46)12-20(27)2/h6-16,18,22,32H,17H2,1-5H3,(H,45,46)/t22-,32-/m0/s1. The minimum Gasteiger partial charge on any atom is -0.496 e. The molecule has 1 fully saturated rings. The van der Waals surface area contributed by atoms with Crippen LogP contribution < -0.4 is 4.74 Å². The highest BCUT2D eigenvalue weighted by atomic mass is 19.4. The molecule has 2 atom stereocenters. The predicted molar refractivity (Wildman–Crippen MR) is 173 cm³/mol. The Hall–Kier alpha value is -5.72. The molecule has 10 nitrogen and oxygen atoms in total. The molecular formula is C36H32F3N5O5. The maximum absolute atomic E-state index is 13.7. The zero-order valence-corrected chi connectivity index (χ0v) is 27.2. The maximum atomic E-state index is 13.7. The third-order valence-electron chi connectivity index (χ3n) is 8.54. The van der Waals surface area contributed by atoms with Crippen molar-refractivity contribution in [3.8, 4) is 34.0 Å². The molecule has 6 rings (SSSR count). The van der Waals surface area contributed by atoms with Crippen LogP contribution in [-0.2, 0) is 17.5 Å². The zero-order chi connectivity index (χ0) is 35.2. The number of rotatable bonds is 8. The third-order valence-corrected chi connectivity index (χ3v) is 8.54. The molecule has 13 heteroatoms. The van der Waals surface area contributed by atoms with Crippen molar-refractivity contribution in [2.75, 3.05) is 7.11 Å². The molecule has 2 aromatic heterocycles. The van der Waals surface area contributed by atoms with E-state index in [1.165, 1.54) is 18.1 Å². The van der Waals surface area contributed by atoms with Crippen LogP contribution in [0.5, 0.6) is 5.75 Å². The SMILES string of the molecule is COc1ccc(-c2ccc(C(=O)O)cc2C)cc1-c1cnc(-n2cnc(C)c2)nc1CN1C(=O)O[C@H](c2cc(C)cc(C(F)(F)F)c2)[C@@H]1C. The Kier molecular flexibility index (Phi) is 8.61. The van der Waals surface area contributed by atoms with Gasteiger partial charge in [-0.3, -0.25) is 9.47 Å². The van der Waals surface area contributed by atoms with Crippen molar-refractivity contribution in [3.05, 3.63) is 113 Å². The number of aromatic carboxylic acids is 1. The Morgan fingerprint density at radius 1 is 1.00 bits per heavy atom. The number of hydrogen-bond donors (Lipinski definition) is 1. The summed E-state index contributed by atoms with van der Waals surface area (Å²) in [5, 5.41) is 9.44. The highest BCUT2D eigenvalue weighted by molar-refractivity contribution is 5.89. The lowest BCUT2D eigenvalue weighted by atomic mass is 9.94. The minimum atomic E-state index is -4.56. The molecule has 252 valence electrons. The highest BCUT2D eigenvalue weighted by Gasteiger charge is 2.41. The van der Waals surface area contributed by atoms with E-state index in [2.05, 4.69) is 9.97 Å². The van der Waals surface area contributed by atoms with E-state index in [9.17, 15) is 27.9 Å². The molecule has 0 spiro atoms. The van der Waals surface area contributed by atoms with Crippen molar-refractivity contribution in [3.63, 3.8) is 0 Å². The molecule has 1 aliphatic rings. The number of aromatic nitrogens is 4. The number of methoxy groups -OCH3 is 1. The summed E-state index contributed by atoms with van der Waals surface area (Å²) in [7, 11) is 1.52. The van der Waals surface area contributed by atoms with E-state index in [1.54, 1.807) is 61.4 Å². The first kappa shape index (κ1) is 33.2. The molecule has 3 aromatic carbocycles. The largest absolute Gasteiger partial charge is 0.496 e. The molecule has 0 radical (unpaired) electrons. The molecule has 1 aliphatic heterocycles. The maximum Gasteiger partial charge on any atom is 0.416 e. The summed E-state index contributed by atoms with van der Waals surface area (Å²) >= 11 is 0. The Bertz CT molecular complexity index is 2090. The summed E-state index contributed by atoms with van der Waals surface area (Å²) in [5.74, 6) is -0.242. The predicted octanol–water partition coefficient (Wildman–Crippen LogP) is 7.73. The number of benzene rings is 3. The summed E-state index contributed by atoms with van der Waals surface area (Å²) in [6, 6.07) is 13.4. The number of aryl methyl sites for hydroxylation is 3. The van der Waals surface area contributed by atoms with Gasteiger partial charge in [-0.2, -0.15) is 13.2 Å². The number of carboxylic acids is 1. The summed E-state index contributed by atoms with van der Waals surface area (Å²) in [6.45, 7) is 6.87. The van der Waals surface area contributed by atoms with Gasteiger partial charge in [-0.15, -0.1) is 0 Å². The first-order chi connectivity index (χ1) is 23.2. The first-order valence-electron chi connectivity index (χ1n) is 15.3. The highest BCUT2D eigenvalue weighted by Crippen LogP contribution is 2.40. The fraction of sp³-hybridized carbons (Fsp3) is 0.250. The number of carbonyl (C=O) groups excluding carboxylic acids is 1. The van der Waals surface area contributed by atoms with Crippen LogP contribution in [0, 0.1) is 20.8 Å². The molecule has 0 saturated carbocycles. The Balaban J connectivity index is 1.43. The number of nitrogens with zero attached hydrogens (tertiary/aromatic N) is 5. The van der Waals surface area contributed by atoms with Crippen molar-refractivity contribution in [1.82, 2.24) is 24.4 Å². The van der Waals surface area contributed by atoms with Crippen LogP contribution in [0.4, 0.5) is 18.0 Å². The molecular weight excluding hydrogens is 639 g/mol. The molecule has 49 heavy (non-hydrogen) atoms. The number of carboxylic acid groups (broad SMARTS) is 1. The molecule has 1 N–H and O–H groups in total. The summed E-state index contributed by atoms with van der Waals surface area (Å²) in [4.78, 5) is 40.0. The lowest BCUT2D eigenvalue weighted by molar-refractivity contribution is -0.137. The summed E-state index contributed by atoms with van der Waals surface area (Å²) in [5.41, 5.74) is 4.63. The van der Waals surface area contributed by atoms with E-state index in [0.29, 0.717) is 34.1 Å². The average Bonchev–Trinajstić information content (AvgIpc) is 3.62. The lowest BCUT2D eigenvalue weighted by Gasteiger charge is -2.23. The molecule has 1 saturated heterocycles. The fourth-order valence-corrected chi connectivity index (χ4v) is 6.08. The second-order valence-corrected chi connectivity index (χ2v) is 12.0. The van der Waals surface area contributed by atoms with E-state index < -0.39 is 35.9 Å².